The number of fused-ring (bicyclic) bond motifs is 2. The van der Waals surface area contributed by atoms with E-state index in [1.807, 2.05) is 40.7 Å². The summed E-state index contributed by atoms with van der Waals surface area (Å²) in [5.74, 6) is 1.54. The summed E-state index contributed by atoms with van der Waals surface area (Å²) in [5, 5.41) is 7.12. The summed E-state index contributed by atoms with van der Waals surface area (Å²) >= 11 is 0. The minimum absolute atomic E-state index is 0.104. The van der Waals surface area contributed by atoms with Gasteiger partial charge in [-0.2, -0.15) is 9.97 Å². The number of rotatable bonds is 4. The lowest BCUT2D eigenvalue weighted by atomic mass is 9.97. The normalized spacial score (nSPS) is 14.1. The van der Waals surface area contributed by atoms with Gasteiger partial charge < -0.3 is 15.1 Å². The largest absolute Gasteiger partial charge is 0.446 e. The Morgan fingerprint density at radius 2 is 2.00 bits per heavy atom. The molecule has 5 rings (SSSR count). The zero-order chi connectivity index (χ0) is 23.3. The van der Waals surface area contributed by atoms with Crippen LogP contribution in [0.5, 0.6) is 0 Å². The lowest BCUT2D eigenvalue weighted by Crippen LogP contribution is -2.24. The number of hydrogen-bond acceptors (Lipinski definition) is 7. The van der Waals surface area contributed by atoms with Gasteiger partial charge in [0.05, 0.1) is 0 Å². The maximum atomic E-state index is 13.2. The number of nitrogens with one attached hydrogen (secondary N) is 2. The topological polar surface area (TPSA) is 103 Å². The molecule has 9 nitrogen and oxygen atoms in total. The zero-order valence-corrected chi connectivity index (χ0v) is 19.6. The lowest BCUT2D eigenvalue weighted by Gasteiger charge is -2.18. The molecule has 3 aromatic heterocycles. The van der Waals surface area contributed by atoms with E-state index in [1.54, 1.807) is 21.8 Å². The van der Waals surface area contributed by atoms with Crippen molar-refractivity contribution in [1.29, 1.82) is 0 Å². The quantitative estimate of drug-likeness (QED) is 0.490. The second-order valence-electron chi connectivity index (χ2n) is 9.78. The highest BCUT2D eigenvalue weighted by molar-refractivity contribution is 5.77. The predicted octanol–water partition coefficient (Wildman–Crippen LogP) is 3.84. The summed E-state index contributed by atoms with van der Waals surface area (Å²) in [5.41, 5.74) is 3.62. The van der Waals surface area contributed by atoms with Crippen LogP contribution < -0.4 is 16.2 Å². The Morgan fingerprint density at radius 1 is 1.18 bits per heavy atom. The van der Waals surface area contributed by atoms with E-state index in [0.717, 1.165) is 25.2 Å². The van der Waals surface area contributed by atoms with Crippen molar-refractivity contribution in [3.8, 4) is 5.82 Å². The van der Waals surface area contributed by atoms with Crippen molar-refractivity contribution >= 4 is 22.7 Å². The molecule has 1 aliphatic rings. The third kappa shape index (κ3) is 3.82. The third-order valence-corrected chi connectivity index (χ3v) is 5.81. The highest BCUT2D eigenvalue weighted by Crippen LogP contribution is 2.26. The number of benzene rings is 1. The number of hydrogen-bond donors (Lipinski definition) is 2. The molecule has 0 saturated heterocycles. The van der Waals surface area contributed by atoms with Gasteiger partial charge in [-0.3, -0.25) is 4.79 Å². The van der Waals surface area contributed by atoms with Crippen LogP contribution in [0.15, 0.2) is 39.9 Å². The van der Waals surface area contributed by atoms with E-state index in [1.165, 1.54) is 11.1 Å². The fraction of sp³-hybridized carbons (Fsp3) is 0.417. The van der Waals surface area contributed by atoms with E-state index in [9.17, 15) is 4.79 Å². The van der Waals surface area contributed by atoms with Crippen molar-refractivity contribution < 1.29 is 4.42 Å². The molecule has 1 aromatic carbocycles. The van der Waals surface area contributed by atoms with Crippen LogP contribution in [0, 0.1) is 0 Å². The Kier molecular flexibility index (Phi) is 5.08. The molecule has 0 atom stereocenters. The molecule has 33 heavy (non-hydrogen) atoms. The van der Waals surface area contributed by atoms with Crippen molar-refractivity contribution in [3.63, 3.8) is 0 Å². The van der Waals surface area contributed by atoms with Crippen molar-refractivity contribution in [3.05, 3.63) is 58.0 Å². The maximum Gasteiger partial charge on any atom is 0.278 e. The highest BCUT2D eigenvalue weighted by atomic mass is 16.3. The number of oxazole rings is 1. The van der Waals surface area contributed by atoms with Gasteiger partial charge in [-0.1, -0.05) is 26.8 Å². The molecule has 4 heterocycles. The first kappa shape index (κ1) is 21.4. The third-order valence-electron chi connectivity index (χ3n) is 5.81. The highest BCUT2D eigenvalue weighted by Gasteiger charge is 2.25. The van der Waals surface area contributed by atoms with Gasteiger partial charge in [-0.05, 0) is 50.1 Å². The Balaban J connectivity index is 1.61. The number of aromatic nitrogens is 5. The smallest absolute Gasteiger partial charge is 0.278 e. The SMILES string of the molecule is CC(C)n1c(=O)c2cnc(Nc3ccc4c(c3)CCNC4)nc2n1-c1coc(C(C)(C)C)n1. The van der Waals surface area contributed by atoms with Gasteiger partial charge >= 0.3 is 0 Å². The van der Waals surface area contributed by atoms with E-state index in [0.29, 0.717) is 28.7 Å². The molecule has 2 N–H and O–H groups in total. The van der Waals surface area contributed by atoms with Crippen molar-refractivity contribution in [2.45, 2.75) is 59.0 Å². The zero-order valence-electron chi connectivity index (χ0n) is 19.6. The van der Waals surface area contributed by atoms with E-state index < -0.39 is 0 Å². The molecule has 0 aliphatic carbocycles. The van der Waals surface area contributed by atoms with Crippen LogP contribution in [0.3, 0.4) is 0 Å². The predicted molar refractivity (Wildman–Crippen MR) is 127 cm³/mol. The van der Waals surface area contributed by atoms with Gasteiger partial charge in [0.2, 0.25) is 11.8 Å². The van der Waals surface area contributed by atoms with Crippen LogP contribution in [-0.4, -0.2) is 30.9 Å². The van der Waals surface area contributed by atoms with Gasteiger partial charge in [0.15, 0.2) is 11.5 Å². The van der Waals surface area contributed by atoms with Gasteiger partial charge in [0.25, 0.3) is 5.56 Å². The van der Waals surface area contributed by atoms with Crippen molar-refractivity contribution in [2.75, 3.05) is 11.9 Å². The van der Waals surface area contributed by atoms with Crippen LogP contribution in [0.1, 0.15) is 57.7 Å². The molecule has 0 radical (unpaired) electrons. The van der Waals surface area contributed by atoms with Gasteiger partial charge in [0, 0.05) is 29.9 Å². The van der Waals surface area contributed by atoms with Gasteiger partial charge in [-0.25, -0.2) is 14.3 Å². The number of anilines is 2. The summed E-state index contributed by atoms with van der Waals surface area (Å²) in [6.07, 6.45) is 4.14. The Labute approximate surface area is 191 Å². The second-order valence-corrected chi connectivity index (χ2v) is 9.78. The van der Waals surface area contributed by atoms with Crippen LogP contribution in [0.25, 0.3) is 16.9 Å². The maximum absolute atomic E-state index is 13.2. The molecule has 9 heteroatoms. The fourth-order valence-electron chi connectivity index (χ4n) is 4.14. The molecule has 172 valence electrons. The van der Waals surface area contributed by atoms with E-state index in [4.69, 9.17) is 9.40 Å². The van der Waals surface area contributed by atoms with Crippen molar-refractivity contribution in [1.82, 2.24) is 29.6 Å². The first-order valence-corrected chi connectivity index (χ1v) is 11.3. The van der Waals surface area contributed by atoms with Gasteiger partial charge in [0.1, 0.15) is 11.6 Å². The molecular weight excluding hydrogens is 418 g/mol. The molecule has 0 amide bonds. The molecule has 0 fully saturated rings. The minimum atomic E-state index is -0.256. The molecular formula is C24H29N7O2. The monoisotopic (exact) mass is 447 g/mol. The van der Waals surface area contributed by atoms with Gasteiger partial charge in [-0.15, -0.1) is 0 Å². The van der Waals surface area contributed by atoms with Crippen LogP contribution in [0.4, 0.5) is 11.6 Å². The van der Waals surface area contributed by atoms with E-state index >= 15 is 0 Å². The standard InChI is InChI=1S/C24H29N7O2/c1-14(2)30-21(32)18-12-26-23(27-17-7-6-16-11-25-9-8-15(16)10-17)29-20(18)31(30)19-13-33-22(28-19)24(3,4)5/h6-7,10,12-14,25H,8-9,11H2,1-5H3,(H,26,27,29). The Morgan fingerprint density at radius 3 is 2.73 bits per heavy atom. The first-order chi connectivity index (χ1) is 15.7. The molecule has 0 spiro atoms. The lowest BCUT2D eigenvalue weighted by molar-refractivity contribution is 0.392. The molecule has 1 aliphatic heterocycles. The van der Waals surface area contributed by atoms with Crippen molar-refractivity contribution in [2.24, 2.45) is 0 Å². The number of nitrogens with zero attached hydrogens (tertiary/aromatic N) is 5. The average Bonchev–Trinajstić information content (AvgIpc) is 3.37. The molecule has 0 saturated carbocycles. The van der Waals surface area contributed by atoms with Crippen LogP contribution in [-0.2, 0) is 18.4 Å². The fourth-order valence-corrected chi connectivity index (χ4v) is 4.14. The second kappa shape index (κ2) is 7.84. The summed E-state index contributed by atoms with van der Waals surface area (Å²) in [6, 6.07) is 6.19. The molecule has 4 aromatic rings. The summed E-state index contributed by atoms with van der Waals surface area (Å²) in [4.78, 5) is 27.0. The van der Waals surface area contributed by atoms with E-state index in [-0.39, 0.29) is 17.0 Å². The average molecular weight is 448 g/mol. The molecule has 0 bridgehead atoms. The van der Waals surface area contributed by atoms with E-state index in [2.05, 4.69) is 32.7 Å². The summed E-state index contributed by atoms with van der Waals surface area (Å²) in [6.45, 7) is 11.9. The Hall–Kier alpha value is -3.46. The minimum Gasteiger partial charge on any atom is -0.446 e. The first-order valence-electron chi connectivity index (χ1n) is 11.3. The Bertz CT molecular complexity index is 1390. The molecule has 0 unspecified atom stereocenters. The summed E-state index contributed by atoms with van der Waals surface area (Å²) < 4.78 is 9.11. The van der Waals surface area contributed by atoms with Crippen LogP contribution in [0.2, 0.25) is 0 Å². The van der Waals surface area contributed by atoms with Crippen LogP contribution >= 0.6 is 0 Å². The summed E-state index contributed by atoms with van der Waals surface area (Å²) in [7, 11) is 0.